The average Bonchev–Trinajstić information content (AvgIpc) is 2.15. The van der Waals surface area contributed by atoms with Crippen LogP contribution in [0.3, 0.4) is 0 Å². The maximum atomic E-state index is 12.8. The molecule has 0 radical (unpaired) electrons. The fourth-order valence-corrected chi connectivity index (χ4v) is 2.54. The summed E-state index contributed by atoms with van der Waals surface area (Å²) >= 11 is 0. The molecule has 0 unspecified atom stereocenters. The number of nitrogens with one attached hydrogen (secondary N) is 1. The Morgan fingerprint density at radius 1 is 1.44 bits per heavy atom. The van der Waals surface area contributed by atoms with E-state index in [-0.39, 0.29) is 5.75 Å². The van der Waals surface area contributed by atoms with Gasteiger partial charge in [0.05, 0.1) is 5.75 Å². The standard InChI is InChI=1S/C10H12FNO3S/c1-12-10(13)7-16(14,15)6-8-3-2-4-9(11)5-8/h2-5H,6-7H2,1H3,(H,12,13). The molecule has 0 fully saturated rings. The second kappa shape index (κ2) is 5.07. The van der Waals surface area contributed by atoms with E-state index in [1.165, 1.54) is 25.2 Å². The number of benzene rings is 1. The zero-order chi connectivity index (χ0) is 12.2. The lowest BCUT2D eigenvalue weighted by Gasteiger charge is -2.03. The van der Waals surface area contributed by atoms with Gasteiger partial charge in [-0.05, 0) is 17.7 Å². The molecule has 1 amide bonds. The Bertz CT molecular complexity index is 485. The van der Waals surface area contributed by atoms with E-state index < -0.39 is 27.3 Å². The molecule has 0 aliphatic heterocycles. The van der Waals surface area contributed by atoms with Crippen LogP contribution < -0.4 is 5.32 Å². The molecule has 88 valence electrons. The first-order chi connectivity index (χ1) is 7.43. The number of sulfone groups is 1. The number of carbonyl (C=O) groups is 1. The molecule has 0 saturated carbocycles. The molecule has 6 heteroatoms. The van der Waals surface area contributed by atoms with Gasteiger partial charge in [-0.25, -0.2) is 12.8 Å². The SMILES string of the molecule is CNC(=O)CS(=O)(=O)Cc1cccc(F)c1. The van der Waals surface area contributed by atoms with Crippen LogP contribution in [0.5, 0.6) is 0 Å². The molecule has 0 bridgehead atoms. The lowest BCUT2D eigenvalue weighted by atomic mass is 10.2. The monoisotopic (exact) mass is 245 g/mol. The van der Waals surface area contributed by atoms with Crippen LogP contribution in [-0.2, 0) is 20.4 Å². The van der Waals surface area contributed by atoms with E-state index in [9.17, 15) is 17.6 Å². The van der Waals surface area contributed by atoms with Crippen LogP contribution in [0.1, 0.15) is 5.56 Å². The van der Waals surface area contributed by atoms with Crippen molar-refractivity contribution in [3.63, 3.8) is 0 Å². The number of hydrogen-bond acceptors (Lipinski definition) is 3. The van der Waals surface area contributed by atoms with Crippen molar-refractivity contribution in [2.75, 3.05) is 12.8 Å². The highest BCUT2D eigenvalue weighted by molar-refractivity contribution is 7.91. The summed E-state index contributed by atoms with van der Waals surface area (Å²) in [5, 5.41) is 2.23. The normalized spacial score (nSPS) is 11.1. The molecular weight excluding hydrogens is 233 g/mol. The van der Waals surface area contributed by atoms with E-state index in [0.29, 0.717) is 5.56 Å². The van der Waals surface area contributed by atoms with Crippen molar-refractivity contribution in [2.24, 2.45) is 0 Å². The zero-order valence-corrected chi connectivity index (χ0v) is 9.55. The largest absolute Gasteiger partial charge is 0.358 e. The molecule has 0 spiro atoms. The van der Waals surface area contributed by atoms with Crippen molar-refractivity contribution in [3.05, 3.63) is 35.6 Å². The van der Waals surface area contributed by atoms with E-state index in [0.717, 1.165) is 6.07 Å². The molecule has 0 atom stereocenters. The number of amides is 1. The van der Waals surface area contributed by atoms with Gasteiger partial charge in [-0.1, -0.05) is 12.1 Å². The van der Waals surface area contributed by atoms with Gasteiger partial charge < -0.3 is 5.32 Å². The van der Waals surface area contributed by atoms with Crippen molar-refractivity contribution in [1.29, 1.82) is 0 Å². The molecule has 0 aliphatic carbocycles. The van der Waals surface area contributed by atoms with Crippen LogP contribution in [0, 0.1) is 5.82 Å². The van der Waals surface area contributed by atoms with Crippen LogP contribution in [-0.4, -0.2) is 27.1 Å². The summed E-state index contributed by atoms with van der Waals surface area (Å²) < 4.78 is 35.8. The van der Waals surface area contributed by atoms with E-state index in [1.807, 2.05) is 0 Å². The Morgan fingerprint density at radius 2 is 2.12 bits per heavy atom. The highest BCUT2D eigenvalue weighted by Crippen LogP contribution is 2.08. The minimum absolute atomic E-state index is 0.335. The number of rotatable bonds is 4. The lowest BCUT2D eigenvalue weighted by Crippen LogP contribution is -2.27. The van der Waals surface area contributed by atoms with E-state index >= 15 is 0 Å². The molecule has 0 aromatic heterocycles. The van der Waals surface area contributed by atoms with Crippen LogP contribution in [0.2, 0.25) is 0 Å². The van der Waals surface area contributed by atoms with Crippen molar-refractivity contribution >= 4 is 15.7 Å². The quantitative estimate of drug-likeness (QED) is 0.839. The van der Waals surface area contributed by atoms with Gasteiger partial charge in [0, 0.05) is 7.05 Å². The zero-order valence-electron chi connectivity index (χ0n) is 8.73. The lowest BCUT2D eigenvalue weighted by molar-refractivity contribution is -0.118. The third-order valence-corrected chi connectivity index (χ3v) is 3.38. The minimum Gasteiger partial charge on any atom is -0.358 e. The first-order valence-corrected chi connectivity index (χ1v) is 6.40. The molecular formula is C10H12FNO3S. The van der Waals surface area contributed by atoms with Gasteiger partial charge in [0.2, 0.25) is 5.91 Å². The Balaban J connectivity index is 2.77. The Hall–Kier alpha value is -1.43. The van der Waals surface area contributed by atoms with Gasteiger partial charge in [0.1, 0.15) is 11.6 Å². The summed E-state index contributed by atoms with van der Waals surface area (Å²) in [6, 6.07) is 5.31. The van der Waals surface area contributed by atoms with Crippen LogP contribution in [0.15, 0.2) is 24.3 Å². The van der Waals surface area contributed by atoms with Crippen LogP contribution in [0.25, 0.3) is 0 Å². The fraction of sp³-hybridized carbons (Fsp3) is 0.300. The third kappa shape index (κ3) is 3.98. The van der Waals surface area contributed by atoms with Gasteiger partial charge in [-0.15, -0.1) is 0 Å². The van der Waals surface area contributed by atoms with Crippen molar-refractivity contribution in [2.45, 2.75) is 5.75 Å². The van der Waals surface area contributed by atoms with Gasteiger partial charge in [-0.3, -0.25) is 4.79 Å². The van der Waals surface area contributed by atoms with E-state index in [4.69, 9.17) is 0 Å². The van der Waals surface area contributed by atoms with Gasteiger partial charge >= 0.3 is 0 Å². The summed E-state index contributed by atoms with van der Waals surface area (Å²) in [4.78, 5) is 10.9. The van der Waals surface area contributed by atoms with Gasteiger partial charge in [0.15, 0.2) is 9.84 Å². The second-order valence-electron chi connectivity index (χ2n) is 3.34. The minimum atomic E-state index is -3.54. The molecule has 0 saturated heterocycles. The second-order valence-corrected chi connectivity index (χ2v) is 5.40. The maximum Gasteiger partial charge on any atom is 0.234 e. The summed E-state index contributed by atoms with van der Waals surface area (Å²) in [5.74, 6) is -1.98. The first kappa shape index (κ1) is 12.6. The predicted molar refractivity (Wildman–Crippen MR) is 58.0 cm³/mol. The van der Waals surface area contributed by atoms with E-state index in [2.05, 4.69) is 5.32 Å². The number of halogens is 1. The van der Waals surface area contributed by atoms with Crippen LogP contribution in [0.4, 0.5) is 4.39 Å². The van der Waals surface area contributed by atoms with Crippen molar-refractivity contribution in [1.82, 2.24) is 5.32 Å². The topological polar surface area (TPSA) is 63.2 Å². The van der Waals surface area contributed by atoms with Gasteiger partial charge in [0.25, 0.3) is 0 Å². The number of hydrogen-bond donors (Lipinski definition) is 1. The maximum absolute atomic E-state index is 12.8. The Morgan fingerprint density at radius 3 is 2.69 bits per heavy atom. The molecule has 1 aromatic carbocycles. The van der Waals surface area contributed by atoms with Crippen LogP contribution >= 0.6 is 0 Å². The summed E-state index contributed by atoms with van der Waals surface area (Å²) in [7, 11) is -2.18. The Labute approximate surface area is 93.4 Å². The molecule has 1 N–H and O–H groups in total. The third-order valence-electron chi connectivity index (χ3n) is 1.91. The molecule has 4 nitrogen and oxygen atoms in total. The summed E-state index contributed by atoms with van der Waals surface area (Å²) in [6.07, 6.45) is 0. The average molecular weight is 245 g/mol. The molecule has 16 heavy (non-hydrogen) atoms. The molecule has 1 aromatic rings. The summed E-state index contributed by atoms with van der Waals surface area (Å²) in [6.45, 7) is 0. The molecule has 0 heterocycles. The Kier molecular flexibility index (Phi) is 4.00. The first-order valence-electron chi connectivity index (χ1n) is 4.58. The highest BCUT2D eigenvalue weighted by atomic mass is 32.2. The smallest absolute Gasteiger partial charge is 0.234 e. The molecule has 0 aliphatic rings. The van der Waals surface area contributed by atoms with E-state index in [1.54, 1.807) is 0 Å². The van der Waals surface area contributed by atoms with Crippen molar-refractivity contribution < 1.29 is 17.6 Å². The number of carbonyl (C=O) groups excluding carboxylic acids is 1. The molecule has 1 rings (SSSR count). The predicted octanol–water partition coefficient (Wildman–Crippen LogP) is 0.486. The van der Waals surface area contributed by atoms with Crippen molar-refractivity contribution in [3.8, 4) is 0 Å². The summed E-state index contributed by atoms with van der Waals surface area (Å²) in [5.41, 5.74) is 0.337. The highest BCUT2D eigenvalue weighted by Gasteiger charge is 2.16. The van der Waals surface area contributed by atoms with Gasteiger partial charge in [-0.2, -0.15) is 0 Å². The fourth-order valence-electron chi connectivity index (χ4n) is 1.20.